The number of rotatable bonds is 5. The first-order valence-electron chi connectivity index (χ1n) is 4.97. The van der Waals surface area contributed by atoms with Gasteiger partial charge >= 0.3 is 5.97 Å². The Morgan fingerprint density at radius 3 is 2.28 bits per heavy atom. The Bertz CT molecular complexity index is 472. The van der Waals surface area contributed by atoms with E-state index in [1.165, 1.54) is 12.1 Å². The van der Waals surface area contributed by atoms with E-state index in [2.05, 4.69) is 21.2 Å². The maximum atomic E-state index is 11.7. The molecular weight excluding hydrogens is 304 g/mol. The van der Waals surface area contributed by atoms with Crippen molar-refractivity contribution in [3.63, 3.8) is 0 Å². The van der Waals surface area contributed by atoms with Gasteiger partial charge in [0, 0.05) is 10.0 Å². The van der Waals surface area contributed by atoms with Gasteiger partial charge in [-0.25, -0.2) is 4.79 Å². The zero-order valence-electron chi connectivity index (χ0n) is 9.22. The molecule has 2 amide bonds. The van der Waals surface area contributed by atoms with E-state index in [9.17, 15) is 14.4 Å². The molecule has 1 aromatic carbocycles. The van der Waals surface area contributed by atoms with E-state index >= 15 is 0 Å². The van der Waals surface area contributed by atoms with Crippen LogP contribution in [0, 0.1) is 0 Å². The molecular formula is C11H11BrN2O4. The number of carboxylic acids is 1. The highest BCUT2D eigenvalue weighted by Gasteiger charge is 2.22. The zero-order valence-corrected chi connectivity index (χ0v) is 10.8. The van der Waals surface area contributed by atoms with Crippen molar-refractivity contribution in [1.82, 2.24) is 5.32 Å². The Morgan fingerprint density at radius 1 is 1.28 bits per heavy atom. The third-order valence-corrected chi connectivity index (χ3v) is 2.64. The van der Waals surface area contributed by atoms with Crippen molar-refractivity contribution in [3.8, 4) is 0 Å². The zero-order chi connectivity index (χ0) is 13.7. The number of amides is 2. The smallest absolute Gasteiger partial charge is 0.326 e. The summed E-state index contributed by atoms with van der Waals surface area (Å²) in [6, 6.07) is 5.04. The second-order valence-electron chi connectivity index (χ2n) is 3.54. The van der Waals surface area contributed by atoms with Crippen molar-refractivity contribution in [3.05, 3.63) is 34.3 Å². The topological polar surface area (TPSA) is 109 Å². The van der Waals surface area contributed by atoms with Crippen molar-refractivity contribution < 1.29 is 19.5 Å². The van der Waals surface area contributed by atoms with Gasteiger partial charge in [-0.05, 0) is 24.3 Å². The van der Waals surface area contributed by atoms with Gasteiger partial charge in [-0.15, -0.1) is 0 Å². The number of hydrogen-bond acceptors (Lipinski definition) is 3. The van der Waals surface area contributed by atoms with Crippen LogP contribution in [0.25, 0.3) is 0 Å². The first kappa shape index (κ1) is 14.2. The Balaban J connectivity index is 2.75. The molecule has 4 N–H and O–H groups in total. The lowest BCUT2D eigenvalue weighted by atomic mass is 10.1. The van der Waals surface area contributed by atoms with Gasteiger partial charge < -0.3 is 16.2 Å². The molecule has 6 nitrogen and oxygen atoms in total. The minimum atomic E-state index is -1.32. The van der Waals surface area contributed by atoms with Gasteiger partial charge in [0.25, 0.3) is 5.91 Å². The van der Waals surface area contributed by atoms with Crippen molar-refractivity contribution in [1.29, 1.82) is 0 Å². The standard InChI is InChI=1S/C11H11BrN2O4/c12-7-3-1-6(2-4-7)10(16)14-8(11(17)18)5-9(13)15/h1-4,8H,5H2,(H2,13,15)(H,14,16)(H,17,18)/t8-/m0/s1. The summed E-state index contributed by atoms with van der Waals surface area (Å²) in [6.45, 7) is 0. The predicted octanol–water partition coefficient (Wildman–Crippen LogP) is 0.507. The summed E-state index contributed by atoms with van der Waals surface area (Å²) in [5.41, 5.74) is 5.21. The van der Waals surface area contributed by atoms with Crippen molar-refractivity contribution in [2.45, 2.75) is 12.5 Å². The van der Waals surface area contributed by atoms with Gasteiger partial charge in [-0.3, -0.25) is 9.59 Å². The fraction of sp³-hybridized carbons (Fsp3) is 0.182. The second-order valence-corrected chi connectivity index (χ2v) is 4.46. The maximum Gasteiger partial charge on any atom is 0.326 e. The van der Waals surface area contributed by atoms with Crippen LogP contribution in [-0.2, 0) is 9.59 Å². The SMILES string of the molecule is NC(=O)C[C@H](NC(=O)c1ccc(Br)cc1)C(=O)O. The lowest BCUT2D eigenvalue weighted by Gasteiger charge is -2.12. The average Bonchev–Trinajstić information content (AvgIpc) is 2.28. The summed E-state index contributed by atoms with van der Waals surface area (Å²) in [5.74, 6) is -2.67. The monoisotopic (exact) mass is 314 g/mol. The summed E-state index contributed by atoms with van der Waals surface area (Å²) in [6.07, 6.45) is -0.447. The van der Waals surface area contributed by atoms with Crippen LogP contribution < -0.4 is 11.1 Å². The largest absolute Gasteiger partial charge is 0.480 e. The minimum Gasteiger partial charge on any atom is -0.480 e. The minimum absolute atomic E-state index is 0.300. The molecule has 0 saturated heterocycles. The van der Waals surface area contributed by atoms with Crippen LogP contribution in [0.2, 0.25) is 0 Å². The molecule has 0 bridgehead atoms. The molecule has 0 aromatic heterocycles. The fourth-order valence-corrected chi connectivity index (χ4v) is 1.51. The number of halogens is 1. The molecule has 1 rings (SSSR count). The van der Waals surface area contributed by atoms with E-state index in [-0.39, 0.29) is 0 Å². The van der Waals surface area contributed by atoms with Gasteiger partial charge in [0.05, 0.1) is 6.42 Å². The van der Waals surface area contributed by atoms with Gasteiger partial charge in [0.15, 0.2) is 0 Å². The molecule has 0 spiro atoms. The molecule has 0 saturated carbocycles. The summed E-state index contributed by atoms with van der Waals surface area (Å²) < 4.78 is 0.797. The molecule has 0 unspecified atom stereocenters. The van der Waals surface area contributed by atoms with Crippen LogP contribution in [0.4, 0.5) is 0 Å². The highest BCUT2D eigenvalue weighted by Crippen LogP contribution is 2.10. The molecule has 0 aliphatic carbocycles. The first-order chi connectivity index (χ1) is 8.40. The lowest BCUT2D eigenvalue weighted by Crippen LogP contribution is -2.43. The van der Waals surface area contributed by atoms with Crippen LogP contribution in [0.1, 0.15) is 16.8 Å². The normalized spacial score (nSPS) is 11.6. The van der Waals surface area contributed by atoms with Crippen LogP contribution in [-0.4, -0.2) is 28.9 Å². The molecule has 0 aliphatic heterocycles. The van der Waals surface area contributed by atoms with Crippen LogP contribution >= 0.6 is 15.9 Å². The third-order valence-electron chi connectivity index (χ3n) is 2.12. The highest BCUT2D eigenvalue weighted by atomic mass is 79.9. The van der Waals surface area contributed by atoms with E-state index in [0.717, 1.165) is 4.47 Å². The number of aliphatic carboxylic acids is 1. The molecule has 0 aliphatic rings. The van der Waals surface area contributed by atoms with E-state index in [1.807, 2.05) is 0 Å². The Morgan fingerprint density at radius 2 is 1.83 bits per heavy atom. The maximum absolute atomic E-state index is 11.7. The molecule has 18 heavy (non-hydrogen) atoms. The van der Waals surface area contributed by atoms with Crippen LogP contribution in [0.15, 0.2) is 28.7 Å². The van der Waals surface area contributed by atoms with E-state index in [0.29, 0.717) is 5.56 Å². The van der Waals surface area contributed by atoms with E-state index in [1.54, 1.807) is 12.1 Å². The summed E-state index contributed by atoms with van der Waals surface area (Å²) >= 11 is 3.21. The Labute approximate surface area is 111 Å². The highest BCUT2D eigenvalue weighted by molar-refractivity contribution is 9.10. The third kappa shape index (κ3) is 4.17. The van der Waals surface area contributed by atoms with Gasteiger partial charge in [-0.2, -0.15) is 0 Å². The molecule has 96 valence electrons. The van der Waals surface area contributed by atoms with Gasteiger partial charge in [-0.1, -0.05) is 15.9 Å². The van der Waals surface area contributed by atoms with Gasteiger partial charge in [0.1, 0.15) is 6.04 Å². The number of nitrogens with one attached hydrogen (secondary N) is 1. The lowest BCUT2D eigenvalue weighted by molar-refractivity contribution is -0.140. The fourth-order valence-electron chi connectivity index (χ4n) is 1.24. The Kier molecular flexibility index (Phi) is 4.85. The molecule has 7 heteroatoms. The van der Waals surface area contributed by atoms with Crippen molar-refractivity contribution in [2.75, 3.05) is 0 Å². The van der Waals surface area contributed by atoms with Crippen molar-refractivity contribution in [2.24, 2.45) is 5.73 Å². The van der Waals surface area contributed by atoms with E-state index in [4.69, 9.17) is 10.8 Å². The van der Waals surface area contributed by atoms with Crippen LogP contribution in [0.5, 0.6) is 0 Å². The number of hydrogen-bond donors (Lipinski definition) is 3. The predicted molar refractivity (Wildman–Crippen MR) is 66.8 cm³/mol. The number of benzene rings is 1. The number of carbonyl (C=O) groups is 3. The molecule has 0 heterocycles. The number of nitrogens with two attached hydrogens (primary N) is 1. The summed E-state index contributed by atoms with van der Waals surface area (Å²) in [4.78, 5) is 33.2. The molecule has 1 atom stereocenters. The van der Waals surface area contributed by atoms with Crippen LogP contribution in [0.3, 0.4) is 0 Å². The number of carbonyl (C=O) groups excluding carboxylic acids is 2. The molecule has 0 fully saturated rings. The second kappa shape index (κ2) is 6.15. The first-order valence-corrected chi connectivity index (χ1v) is 5.77. The van der Waals surface area contributed by atoms with E-state index < -0.39 is 30.2 Å². The van der Waals surface area contributed by atoms with Crippen molar-refractivity contribution >= 4 is 33.7 Å². The summed E-state index contributed by atoms with van der Waals surface area (Å²) in [5, 5.41) is 11.1. The van der Waals surface area contributed by atoms with Gasteiger partial charge in [0.2, 0.25) is 5.91 Å². The average molecular weight is 315 g/mol. The molecule has 0 radical (unpaired) electrons. The number of primary amides is 1. The summed E-state index contributed by atoms with van der Waals surface area (Å²) in [7, 11) is 0. The molecule has 1 aromatic rings. The quantitative estimate of drug-likeness (QED) is 0.735. The Hall–Kier alpha value is -1.89. The number of carboxylic acid groups (broad SMARTS) is 1.